The number of anilines is 1. The standard InChI is InChI=1S/C9H11FN4O4S/c1-18-9(15)14-19(16,17)13-7-3-2-5(10)4-6(7)8(11)12/h2-4,13H,1H3,(H3,11,12)(H,14,15). The van der Waals surface area contributed by atoms with Gasteiger partial charge < -0.3 is 10.5 Å². The third-order valence-electron chi connectivity index (χ3n) is 1.92. The van der Waals surface area contributed by atoms with Crippen LogP contribution in [0, 0.1) is 11.2 Å². The fourth-order valence-corrected chi connectivity index (χ4v) is 1.97. The number of nitrogens with one attached hydrogen (secondary N) is 3. The molecule has 0 saturated heterocycles. The molecule has 0 radical (unpaired) electrons. The highest BCUT2D eigenvalue weighted by atomic mass is 32.2. The van der Waals surface area contributed by atoms with Gasteiger partial charge in [-0.2, -0.15) is 8.42 Å². The highest BCUT2D eigenvalue weighted by Gasteiger charge is 2.17. The molecule has 0 heterocycles. The van der Waals surface area contributed by atoms with Crippen molar-refractivity contribution in [3.8, 4) is 0 Å². The third kappa shape index (κ3) is 4.10. The number of carbonyl (C=O) groups excluding carboxylic acids is 1. The Hall–Kier alpha value is -2.36. The van der Waals surface area contributed by atoms with Gasteiger partial charge in [-0.3, -0.25) is 10.1 Å². The van der Waals surface area contributed by atoms with E-state index in [1.807, 2.05) is 4.72 Å². The molecule has 10 heteroatoms. The van der Waals surface area contributed by atoms with Gasteiger partial charge in [0.2, 0.25) is 0 Å². The van der Waals surface area contributed by atoms with Crippen molar-refractivity contribution in [2.24, 2.45) is 5.73 Å². The summed E-state index contributed by atoms with van der Waals surface area (Å²) in [7, 11) is -3.27. The molecule has 0 spiro atoms. The highest BCUT2D eigenvalue weighted by Crippen LogP contribution is 2.17. The number of benzene rings is 1. The van der Waals surface area contributed by atoms with Crippen LogP contribution in [0.15, 0.2) is 18.2 Å². The zero-order chi connectivity index (χ0) is 14.6. The minimum Gasteiger partial charge on any atom is -0.452 e. The number of amides is 1. The van der Waals surface area contributed by atoms with Crippen molar-refractivity contribution in [2.75, 3.05) is 11.8 Å². The van der Waals surface area contributed by atoms with Gasteiger partial charge >= 0.3 is 16.3 Å². The Morgan fingerprint density at radius 1 is 1.47 bits per heavy atom. The lowest BCUT2D eigenvalue weighted by Gasteiger charge is -2.12. The number of rotatable bonds is 4. The van der Waals surface area contributed by atoms with Crippen LogP contribution in [0.2, 0.25) is 0 Å². The van der Waals surface area contributed by atoms with Crippen molar-refractivity contribution in [1.82, 2.24) is 4.72 Å². The van der Waals surface area contributed by atoms with E-state index in [4.69, 9.17) is 11.1 Å². The van der Waals surface area contributed by atoms with Crippen molar-refractivity contribution in [3.63, 3.8) is 0 Å². The highest BCUT2D eigenvalue weighted by molar-refractivity contribution is 7.91. The van der Waals surface area contributed by atoms with E-state index in [1.54, 1.807) is 0 Å². The largest absolute Gasteiger partial charge is 0.452 e. The van der Waals surface area contributed by atoms with Gasteiger partial charge in [-0.25, -0.2) is 13.9 Å². The van der Waals surface area contributed by atoms with Crippen LogP contribution in [0.25, 0.3) is 0 Å². The van der Waals surface area contributed by atoms with E-state index in [9.17, 15) is 17.6 Å². The number of hydrogen-bond acceptors (Lipinski definition) is 5. The molecule has 0 saturated carbocycles. The molecular weight excluding hydrogens is 279 g/mol. The van der Waals surface area contributed by atoms with Crippen molar-refractivity contribution in [3.05, 3.63) is 29.6 Å². The maximum Gasteiger partial charge on any atom is 0.422 e. The second kappa shape index (κ2) is 5.52. The van der Waals surface area contributed by atoms with Gasteiger partial charge in [-0.1, -0.05) is 0 Å². The molecule has 0 aliphatic heterocycles. The molecule has 0 aromatic heterocycles. The zero-order valence-electron chi connectivity index (χ0n) is 9.73. The number of amidine groups is 1. The van der Waals surface area contributed by atoms with Crippen LogP contribution in [-0.2, 0) is 14.9 Å². The van der Waals surface area contributed by atoms with Gasteiger partial charge in [0.25, 0.3) is 0 Å². The predicted octanol–water partition coefficient (Wildman–Crippen LogP) is 0.122. The number of nitrogen functional groups attached to an aromatic ring is 1. The summed E-state index contributed by atoms with van der Waals surface area (Å²) in [5, 5.41) is 7.22. The van der Waals surface area contributed by atoms with Crippen LogP contribution >= 0.6 is 0 Å². The normalized spacial score (nSPS) is 10.6. The molecule has 104 valence electrons. The summed E-state index contributed by atoms with van der Waals surface area (Å²) in [4.78, 5) is 10.8. The van der Waals surface area contributed by atoms with E-state index in [-0.39, 0.29) is 11.3 Å². The molecule has 1 amide bonds. The third-order valence-corrected chi connectivity index (χ3v) is 2.84. The zero-order valence-corrected chi connectivity index (χ0v) is 10.5. The van der Waals surface area contributed by atoms with Gasteiger partial charge in [0.15, 0.2) is 0 Å². The minimum absolute atomic E-state index is 0.148. The number of hydrogen-bond donors (Lipinski definition) is 4. The Bertz CT molecular complexity index is 617. The average molecular weight is 290 g/mol. The first-order valence-corrected chi connectivity index (χ1v) is 6.26. The number of nitrogens with two attached hydrogens (primary N) is 1. The van der Waals surface area contributed by atoms with Gasteiger partial charge in [0, 0.05) is 5.56 Å². The molecule has 19 heavy (non-hydrogen) atoms. The van der Waals surface area contributed by atoms with Crippen LogP contribution in [0.3, 0.4) is 0 Å². The molecule has 0 atom stereocenters. The van der Waals surface area contributed by atoms with Crippen LogP contribution in [-0.4, -0.2) is 27.5 Å². The molecule has 0 bridgehead atoms. The Balaban J connectivity index is 3.06. The van der Waals surface area contributed by atoms with Crippen LogP contribution in [0.5, 0.6) is 0 Å². The number of carbonyl (C=O) groups is 1. The molecule has 0 unspecified atom stereocenters. The second-order valence-electron chi connectivity index (χ2n) is 3.30. The van der Waals surface area contributed by atoms with Crippen LogP contribution in [0.1, 0.15) is 5.56 Å². The molecule has 8 nitrogen and oxygen atoms in total. The van der Waals surface area contributed by atoms with E-state index in [0.29, 0.717) is 0 Å². The smallest absolute Gasteiger partial charge is 0.422 e. The summed E-state index contributed by atoms with van der Waals surface area (Å²) in [6.07, 6.45) is -1.20. The van der Waals surface area contributed by atoms with Gasteiger partial charge in [0.1, 0.15) is 11.7 Å². The summed E-state index contributed by atoms with van der Waals surface area (Å²) in [5.74, 6) is -1.22. The van der Waals surface area contributed by atoms with Crippen LogP contribution < -0.4 is 15.2 Å². The van der Waals surface area contributed by atoms with Gasteiger partial charge in [-0.05, 0) is 18.2 Å². The molecule has 0 fully saturated rings. The molecule has 1 rings (SSSR count). The molecule has 1 aromatic carbocycles. The molecular formula is C9H11FN4O4S. The SMILES string of the molecule is COC(=O)NS(=O)(=O)Nc1ccc(F)cc1C(=N)N. The summed E-state index contributed by atoms with van der Waals surface area (Å²) in [6.45, 7) is 0. The summed E-state index contributed by atoms with van der Waals surface area (Å²) >= 11 is 0. The van der Waals surface area contributed by atoms with Crippen molar-refractivity contribution >= 4 is 27.8 Å². The summed E-state index contributed by atoms with van der Waals surface area (Å²) < 4.78 is 43.6. The molecule has 0 aliphatic rings. The number of halogens is 1. The van der Waals surface area contributed by atoms with Gasteiger partial charge in [-0.15, -0.1) is 0 Å². The van der Waals surface area contributed by atoms with E-state index in [2.05, 4.69) is 4.74 Å². The maximum atomic E-state index is 13.0. The van der Waals surface area contributed by atoms with E-state index in [1.165, 1.54) is 4.72 Å². The average Bonchev–Trinajstić information content (AvgIpc) is 2.30. The first-order valence-electron chi connectivity index (χ1n) is 4.77. The predicted molar refractivity (Wildman–Crippen MR) is 65.5 cm³/mol. The van der Waals surface area contributed by atoms with Crippen molar-refractivity contribution < 1.29 is 22.3 Å². The Labute approximate surface area is 108 Å². The minimum atomic E-state index is -4.26. The first-order chi connectivity index (χ1) is 8.75. The fraction of sp³-hybridized carbons (Fsp3) is 0.111. The van der Waals surface area contributed by atoms with Crippen molar-refractivity contribution in [2.45, 2.75) is 0 Å². The Morgan fingerprint density at radius 2 is 2.11 bits per heavy atom. The fourth-order valence-electron chi connectivity index (χ4n) is 1.15. The lowest BCUT2D eigenvalue weighted by atomic mass is 10.1. The monoisotopic (exact) mass is 290 g/mol. The molecule has 5 N–H and O–H groups in total. The first kappa shape index (κ1) is 14.7. The van der Waals surface area contributed by atoms with E-state index in [0.717, 1.165) is 25.3 Å². The number of methoxy groups -OCH3 is 1. The topological polar surface area (TPSA) is 134 Å². The Morgan fingerprint density at radius 3 is 2.63 bits per heavy atom. The summed E-state index contributed by atoms with van der Waals surface area (Å²) in [5.41, 5.74) is 4.89. The van der Waals surface area contributed by atoms with Gasteiger partial charge in [0.05, 0.1) is 12.8 Å². The Kier molecular flexibility index (Phi) is 4.27. The van der Waals surface area contributed by atoms with Crippen LogP contribution in [0.4, 0.5) is 14.9 Å². The van der Waals surface area contributed by atoms with E-state index >= 15 is 0 Å². The summed E-state index contributed by atoms with van der Waals surface area (Å²) in [6, 6.07) is 2.93. The lowest BCUT2D eigenvalue weighted by Crippen LogP contribution is -2.35. The quantitative estimate of drug-likeness (QED) is 0.461. The number of ether oxygens (including phenoxy) is 1. The lowest BCUT2D eigenvalue weighted by molar-refractivity contribution is 0.177. The molecule has 1 aromatic rings. The second-order valence-corrected chi connectivity index (χ2v) is 4.72. The van der Waals surface area contributed by atoms with E-state index < -0.39 is 28.0 Å². The van der Waals surface area contributed by atoms with Crippen molar-refractivity contribution in [1.29, 1.82) is 5.41 Å². The maximum absolute atomic E-state index is 13.0. The molecule has 0 aliphatic carbocycles.